The minimum absolute atomic E-state index is 0.0381. The molecule has 1 aromatic heterocycles. The predicted octanol–water partition coefficient (Wildman–Crippen LogP) is 3.58. The third kappa shape index (κ3) is 6.24. The van der Waals surface area contributed by atoms with E-state index in [0.29, 0.717) is 23.3 Å². The van der Waals surface area contributed by atoms with Gasteiger partial charge in [0.2, 0.25) is 0 Å². The zero-order chi connectivity index (χ0) is 22.3. The zero-order valence-electron chi connectivity index (χ0n) is 19.5. The van der Waals surface area contributed by atoms with Gasteiger partial charge >= 0.3 is 0 Å². The fraction of sp³-hybridized carbons (Fsp3) is 0.640. The number of H-pyrrole nitrogens is 1. The van der Waals surface area contributed by atoms with Gasteiger partial charge < -0.3 is 19.7 Å². The van der Waals surface area contributed by atoms with E-state index in [0.717, 1.165) is 62.2 Å². The molecule has 1 fully saturated rings. The van der Waals surface area contributed by atoms with Gasteiger partial charge in [0.1, 0.15) is 11.5 Å². The number of aromatic nitrogens is 1. The first-order chi connectivity index (χ1) is 14.2. The Hall–Kier alpha value is -2.01. The van der Waals surface area contributed by atoms with E-state index in [9.17, 15) is 9.90 Å². The second-order valence-corrected chi connectivity index (χ2v) is 8.79. The Morgan fingerprint density at radius 3 is 2.53 bits per heavy atom. The Labute approximate surface area is 181 Å². The number of hydrogen-bond donors (Lipinski definition) is 2. The van der Waals surface area contributed by atoms with Crippen molar-refractivity contribution in [2.24, 2.45) is 11.8 Å². The van der Waals surface area contributed by atoms with E-state index >= 15 is 0 Å². The van der Waals surface area contributed by atoms with E-state index in [1.807, 2.05) is 30.9 Å². The summed E-state index contributed by atoms with van der Waals surface area (Å²) in [4.78, 5) is 18.4. The van der Waals surface area contributed by atoms with Gasteiger partial charge in [0.15, 0.2) is 0 Å². The Balaban J connectivity index is 2.16. The van der Waals surface area contributed by atoms with Crippen molar-refractivity contribution in [3.05, 3.63) is 34.7 Å². The van der Waals surface area contributed by atoms with Crippen LogP contribution in [-0.4, -0.2) is 46.7 Å². The number of ether oxygens (including phenoxy) is 1. The average Bonchev–Trinajstić information content (AvgIpc) is 3.15. The molecule has 1 aliphatic heterocycles. The summed E-state index contributed by atoms with van der Waals surface area (Å²) in [5.74, 6) is 1.48. The normalized spacial score (nSPS) is 18.0. The van der Waals surface area contributed by atoms with Gasteiger partial charge in [-0.05, 0) is 56.1 Å². The number of likely N-dealkylation sites (tertiary alicyclic amines) is 1. The van der Waals surface area contributed by atoms with Crippen molar-refractivity contribution in [3.8, 4) is 0 Å². The number of rotatable bonds is 9. The number of nitrogens with one attached hydrogen (secondary N) is 1. The number of aromatic amines is 1. The van der Waals surface area contributed by atoms with E-state index < -0.39 is 5.60 Å². The van der Waals surface area contributed by atoms with Crippen LogP contribution in [0.1, 0.15) is 76.7 Å². The number of nitrogens with zero attached hydrogens (tertiary/aromatic N) is 1. The zero-order valence-corrected chi connectivity index (χ0v) is 19.5. The van der Waals surface area contributed by atoms with Crippen LogP contribution >= 0.6 is 0 Å². The molecule has 2 rings (SSSR count). The van der Waals surface area contributed by atoms with Crippen LogP contribution in [0.5, 0.6) is 0 Å². The maximum absolute atomic E-state index is 13.1. The van der Waals surface area contributed by atoms with Gasteiger partial charge in [-0.3, -0.25) is 4.79 Å². The van der Waals surface area contributed by atoms with E-state index in [1.165, 1.54) is 0 Å². The van der Waals surface area contributed by atoms with Crippen LogP contribution < -0.4 is 10.6 Å². The van der Waals surface area contributed by atoms with Crippen LogP contribution in [0.4, 0.5) is 0 Å². The highest BCUT2D eigenvalue weighted by molar-refractivity contribution is 5.92. The van der Waals surface area contributed by atoms with Crippen LogP contribution in [0.25, 0.3) is 12.2 Å². The molecule has 0 bridgehead atoms. The standard InChI is InChI=1S/C25H40N2O3/c1-7-18(4)14-22-21(15-19(5)30-6)16-23(26-22)24(28)27-12-10-20(11-13-27)17-25(29,8-2)9-3/h14-16,18,20,26,29H,5,7-13,17H2,1-4,6H3/b21-15-,22-14+. The predicted molar refractivity (Wildman–Crippen MR) is 123 cm³/mol. The van der Waals surface area contributed by atoms with Crippen molar-refractivity contribution >= 4 is 18.1 Å². The third-order valence-electron chi connectivity index (χ3n) is 6.67. The van der Waals surface area contributed by atoms with Gasteiger partial charge in [-0.25, -0.2) is 0 Å². The number of hydrogen-bond acceptors (Lipinski definition) is 3. The smallest absolute Gasteiger partial charge is 0.270 e. The van der Waals surface area contributed by atoms with Gasteiger partial charge in [0, 0.05) is 23.7 Å². The molecule has 0 radical (unpaired) electrons. The number of carbonyl (C=O) groups excluding carboxylic acids is 1. The second-order valence-electron chi connectivity index (χ2n) is 8.79. The third-order valence-corrected chi connectivity index (χ3v) is 6.67. The van der Waals surface area contributed by atoms with Crippen molar-refractivity contribution in [1.29, 1.82) is 0 Å². The Morgan fingerprint density at radius 2 is 2.00 bits per heavy atom. The summed E-state index contributed by atoms with van der Waals surface area (Å²) in [6, 6.07) is 1.90. The molecule has 1 amide bonds. The molecular formula is C25H40N2O3. The SMILES string of the molecule is C=C(/C=c1/cc(C(=O)N2CCC(CC(O)(CC)CC)CC2)[nH]/c1=C/C(C)CC)OC. The van der Waals surface area contributed by atoms with E-state index in [1.54, 1.807) is 7.11 Å². The van der Waals surface area contributed by atoms with Crippen LogP contribution in [-0.2, 0) is 4.74 Å². The molecule has 30 heavy (non-hydrogen) atoms. The minimum atomic E-state index is -0.564. The first kappa shape index (κ1) is 24.3. The fourth-order valence-electron chi connectivity index (χ4n) is 4.08. The topological polar surface area (TPSA) is 65.6 Å². The van der Waals surface area contributed by atoms with Crippen LogP contribution in [0, 0.1) is 11.8 Å². The lowest BCUT2D eigenvalue weighted by atomic mass is 9.82. The lowest BCUT2D eigenvalue weighted by Gasteiger charge is -2.36. The maximum atomic E-state index is 13.1. The maximum Gasteiger partial charge on any atom is 0.270 e. The Morgan fingerprint density at radius 1 is 1.37 bits per heavy atom. The molecule has 0 saturated carbocycles. The van der Waals surface area contributed by atoms with Gasteiger partial charge in [0.25, 0.3) is 5.91 Å². The molecule has 2 heterocycles. The van der Waals surface area contributed by atoms with Crippen molar-refractivity contribution in [2.45, 2.75) is 71.8 Å². The van der Waals surface area contributed by atoms with Crippen LogP contribution in [0.15, 0.2) is 18.4 Å². The van der Waals surface area contributed by atoms with Crippen molar-refractivity contribution < 1.29 is 14.6 Å². The highest BCUT2D eigenvalue weighted by atomic mass is 16.5. The summed E-state index contributed by atoms with van der Waals surface area (Å²) in [5.41, 5.74) is 0.0441. The fourth-order valence-corrected chi connectivity index (χ4v) is 4.08. The number of aliphatic hydroxyl groups is 1. The largest absolute Gasteiger partial charge is 0.497 e. The Kier molecular flexibility index (Phi) is 8.78. The van der Waals surface area contributed by atoms with E-state index in [2.05, 4.69) is 31.5 Å². The van der Waals surface area contributed by atoms with Crippen molar-refractivity contribution in [1.82, 2.24) is 9.88 Å². The quantitative estimate of drug-likeness (QED) is 0.605. The van der Waals surface area contributed by atoms with E-state index in [-0.39, 0.29) is 5.91 Å². The molecule has 168 valence electrons. The summed E-state index contributed by atoms with van der Waals surface area (Å²) >= 11 is 0. The molecule has 5 nitrogen and oxygen atoms in total. The van der Waals surface area contributed by atoms with E-state index in [4.69, 9.17) is 4.74 Å². The molecule has 2 N–H and O–H groups in total. The highest BCUT2D eigenvalue weighted by Gasteiger charge is 2.31. The van der Waals surface area contributed by atoms with Gasteiger partial charge in [0.05, 0.1) is 12.7 Å². The summed E-state index contributed by atoms with van der Waals surface area (Å²) in [5, 5.41) is 12.5. The molecule has 0 aromatic carbocycles. The molecular weight excluding hydrogens is 376 g/mol. The first-order valence-corrected chi connectivity index (χ1v) is 11.4. The number of carbonyl (C=O) groups is 1. The number of amides is 1. The Bertz CT molecular complexity index is 827. The highest BCUT2D eigenvalue weighted by Crippen LogP contribution is 2.30. The van der Waals surface area contributed by atoms with Crippen molar-refractivity contribution in [3.63, 3.8) is 0 Å². The molecule has 1 saturated heterocycles. The molecule has 5 heteroatoms. The molecule has 1 unspecified atom stereocenters. The minimum Gasteiger partial charge on any atom is -0.497 e. The van der Waals surface area contributed by atoms with Gasteiger partial charge in [-0.15, -0.1) is 0 Å². The second kappa shape index (κ2) is 10.9. The van der Waals surface area contributed by atoms with Crippen molar-refractivity contribution in [2.75, 3.05) is 20.2 Å². The number of methoxy groups -OCH3 is 1. The molecule has 0 spiro atoms. The van der Waals surface area contributed by atoms with Crippen LogP contribution in [0.2, 0.25) is 0 Å². The lowest BCUT2D eigenvalue weighted by Crippen LogP contribution is -2.41. The van der Waals surface area contributed by atoms with Gasteiger partial charge in [-0.2, -0.15) is 0 Å². The molecule has 0 aliphatic carbocycles. The first-order valence-electron chi connectivity index (χ1n) is 11.4. The average molecular weight is 417 g/mol. The molecule has 1 aliphatic rings. The number of piperidine rings is 1. The van der Waals surface area contributed by atoms with Crippen LogP contribution in [0.3, 0.4) is 0 Å². The summed E-state index contributed by atoms with van der Waals surface area (Å²) in [6.45, 7) is 13.8. The lowest BCUT2D eigenvalue weighted by molar-refractivity contribution is -0.00132. The molecule has 1 atom stereocenters. The molecule has 1 aromatic rings. The monoisotopic (exact) mass is 416 g/mol. The van der Waals surface area contributed by atoms with Gasteiger partial charge in [-0.1, -0.05) is 46.8 Å². The summed E-state index contributed by atoms with van der Waals surface area (Å²) in [7, 11) is 1.60. The summed E-state index contributed by atoms with van der Waals surface area (Å²) < 4.78 is 5.20. The number of allylic oxidation sites excluding steroid dienone is 1. The summed E-state index contributed by atoms with van der Waals surface area (Å²) in [6.07, 6.45) is 9.34.